The Morgan fingerprint density at radius 3 is 2.50 bits per heavy atom. The Balaban J connectivity index is 1.96. The Kier molecular flexibility index (Phi) is 2.91. The highest BCUT2D eigenvalue weighted by Gasteiger charge is 2.28. The molecule has 1 unspecified atom stereocenters. The maximum Gasteiger partial charge on any atom is 0.157 e. The van der Waals surface area contributed by atoms with E-state index in [2.05, 4.69) is 0 Å². The van der Waals surface area contributed by atoms with Crippen molar-refractivity contribution in [3.63, 3.8) is 0 Å². The first-order chi connectivity index (χ1) is 9.54. The van der Waals surface area contributed by atoms with Crippen LogP contribution in [0.15, 0.2) is 36.4 Å². The molecule has 0 aliphatic carbocycles. The van der Waals surface area contributed by atoms with Crippen LogP contribution in [0.3, 0.4) is 0 Å². The number of aliphatic hydroxyl groups is 1. The average Bonchev–Trinajstić information content (AvgIpc) is 2.41. The Morgan fingerprint density at radius 1 is 0.950 bits per heavy atom. The van der Waals surface area contributed by atoms with E-state index in [4.69, 9.17) is 4.74 Å². The van der Waals surface area contributed by atoms with Crippen LogP contribution in [0, 0.1) is 0 Å². The van der Waals surface area contributed by atoms with Crippen LogP contribution in [-0.4, -0.2) is 20.4 Å². The third kappa shape index (κ3) is 2.12. The lowest BCUT2D eigenvalue weighted by molar-refractivity contribution is 0.0654. The third-order valence-electron chi connectivity index (χ3n) is 3.43. The van der Waals surface area contributed by atoms with Gasteiger partial charge in [0.25, 0.3) is 0 Å². The summed E-state index contributed by atoms with van der Waals surface area (Å²) in [4.78, 5) is 0. The number of rotatable bonds is 1. The summed E-state index contributed by atoms with van der Waals surface area (Å²) < 4.78 is 5.75. The van der Waals surface area contributed by atoms with Crippen LogP contribution in [0.5, 0.6) is 23.0 Å². The van der Waals surface area contributed by atoms with Crippen LogP contribution in [0.2, 0.25) is 0 Å². The number of aromatic hydroxyl groups is 3. The normalized spacial score (nSPS) is 21.1. The first-order valence-corrected chi connectivity index (χ1v) is 6.24. The number of ether oxygens (including phenoxy) is 1. The minimum absolute atomic E-state index is 0.0603. The second-order valence-corrected chi connectivity index (χ2v) is 4.83. The first kappa shape index (κ1) is 12.6. The van der Waals surface area contributed by atoms with Gasteiger partial charge >= 0.3 is 0 Å². The SMILES string of the molecule is Oc1ccc2c(c1)O[C@H](c1ccc(O)c(O)c1)CC2O. The van der Waals surface area contributed by atoms with Gasteiger partial charge in [-0.15, -0.1) is 0 Å². The Morgan fingerprint density at radius 2 is 1.75 bits per heavy atom. The van der Waals surface area contributed by atoms with Gasteiger partial charge in [-0.05, 0) is 29.8 Å². The zero-order valence-corrected chi connectivity index (χ0v) is 10.5. The molecule has 3 rings (SSSR count). The van der Waals surface area contributed by atoms with Crippen LogP contribution < -0.4 is 4.74 Å². The molecule has 2 aromatic rings. The molecular weight excluding hydrogens is 260 g/mol. The van der Waals surface area contributed by atoms with Crippen molar-refractivity contribution in [2.24, 2.45) is 0 Å². The molecular formula is C15H14O5. The van der Waals surface area contributed by atoms with Crippen molar-refractivity contribution in [1.29, 1.82) is 0 Å². The fourth-order valence-electron chi connectivity index (χ4n) is 2.38. The van der Waals surface area contributed by atoms with E-state index in [0.717, 1.165) is 0 Å². The van der Waals surface area contributed by atoms with Crippen molar-refractivity contribution in [3.8, 4) is 23.0 Å². The molecule has 1 aliphatic heterocycles. The minimum Gasteiger partial charge on any atom is -0.508 e. The van der Waals surface area contributed by atoms with Crippen LogP contribution in [0.25, 0.3) is 0 Å². The summed E-state index contributed by atoms with van der Waals surface area (Å²) in [7, 11) is 0. The smallest absolute Gasteiger partial charge is 0.157 e. The van der Waals surface area contributed by atoms with E-state index in [1.807, 2.05) is 0 Å². The van der Waals surface area contributed by atoms with E-state index < -0.39 is 12.2 Å². The molecule has 0 radical (unpaired) electrons. The van der Waals surface area contributed by atoms with Gasteiger partial charge in [0.15, 0.2) is 11.5 Å². The van der Waals surface area contributed by atoms with Crippen molar-refractivity contribution < 1.29 is 25.2 Å². The molecule has 1 aliphatic rings. The van der Waals surface area contributed by atoms with Crippen LogP contribution in [0.4, 0.5) is 0 Å². The number of hydrogen-bond acceptors (Lipinski definition) is 5. The van der Waals surface area contributed by atoms with Gasteiger partial charge in [0.1, 0.15) is 17.6 Å². The van der Waals surface area contributed by atoms with E-state index >= 15 is 0 Å². The number of phenolic OH excluding ortho intramolecular Hbond substituents is 3. The fourth-order valence-corrected chi connectivity index (χ4v) is 2.38. The van der Waals surface area contributed by atoms with Crippen molar-refractivity contribution in [2.75, 3.05) is 0 Å². The molecule has 1 heterocycles. The van der Waals surface area contributed by atoms with E-state index in [1.165, 1.54) is 24.3 Å². The largest absolute Gasteiger partial charge is 0.508 e. The predicted octanol–water partition coefficient (Wildman–Crippen LogP) is 2.36. The molecule has 0 fully saturated rings. The summed E-state index contributed by atoms with van der Waals surface area (Å²) in [6.45, 7) is 0. The minimum atomic E-state index is -0.708. The Bertz CT molecular complexity index is 653. The van der Waals surface area contributed by atoms with Crippen LogP contribution in [-0.2, 0) is 0 Å². The lowest BCUT2D eigenvalue weighted by Gasteiger charge is -2.30. The molecule has 4 N–H and O–H groups in total. The first-order valence-electron chi connectivity index (χ1n) is 6.24. The summed E-state index contributed by atoms with van der Waals surface area (Å²) in [5.74, 6) is 0.0388. The predicted molar refractivity (Wildman–Crippen MR) is 70.8 cm³/mol. The van der Waals surface area contributed by atoms with Crippen LogP contribution >= 0.6 is 0 Å². The molecule has 0 saturated heterocycles. The highest BCUT2D eigenvalue weighted by molar-refractivity contribution is 5.45. The summed E-state index contributed by atoms with van der Waals surface area (Å²) in [6, 6.07) is 8.97. The standard InChI is InChI=1S/C15H14O5/c16-9-2-3-10-12(18)7-14(20-15(10)6-9)8-1-4-11(17)13(19)5-8/h1-6,12,14,16-19H,7H2/t12?,14-/m0/s1. The van der Waals surface area contributed by atoms with Gasteiger partial charge in [-0.1, -0.05) is 6.07 Å². The molecule has 5 heteroatoms. The fraction of sp³-hybridized carbons (Fsp3) is 0.200. The average molecular weight is 274 g/mol. The summed E-state index contributed by atoms with van der Waals surface area (Å²) in [6.07, 6.45) is -0.826. The number of fused-ring (bicyclic) bond motifs is 1. The molecule has 0 bridgehead atoms. The lowest BCUT2D eigenvalue weighted by atomic mass is 9.95. The highest BCUT2D eigenvalue weighted by Crippen LogP contribution is 2.43. The van der Waals surface area contributed by atoms with Crippen molar-refractivity contribution in [3.05, 3.63) is 47.5 Å². The van der Waals surface area contributed by atoms with E-state index in [1.54, 1.807) is 12.1 Å². The maximum atomic E-state index is 10.1. The summed E-state index contributed by atoms with van der Waals surface area (Å²) in [5, 5.41) is 38.5. The van der Waals surface area contributed by atoms with Gasteiger partial charge in [0, 0.05) is 18.1 Å². The van der Waals surface area contributed by atoms with Crippen molar-refractivity contribution >= 4 is 0 Å². The molecule has 0 saturated carbocycles. The zero-order chi connectivity index (χ0) is 14.3. The quantitative estimate of drug-likeness (QED) is 0.599. The number of benzene rings is 2. The summed E-state index contributed by atoms with van der Waals surface area (Å²) in [5.41, 5.74) is 1.27. The van der Waals surface area contributed by atoms with Gasteiger partial charge in [0.2, 0.25) is 0 Å². The third-order valence-corrected chi connectivity index (χ3v) is 3.43. The molecule has 5 nitrogen and oxygen atoms in total. The van der Waals surface area contributed by atoms with Crippen molar-refractivity contribution in [1.82, 2.24) is 0 Å². The van der Waals surface area contributed by atoms with Gasteiger partial charge in [-0.25, -0.2) is 0 Å². The molecule has 0 aromatic heterocycles. The van der Waals surface area contributed by atoms with Gasteiger partial charge < -0.3 is 25.2 Å². The Hall–Kier alpha value is -2.40. The number of hydrogen-bond donors (Lipinski definition) is 4. The monoisotopic (exact) mass is 274 g/mol. The molecule has 0 spiro atoms. The molecule has 0 amide bonds. The zero-order valence-electron chi connectivity index (χ0n) is 10.5. The summed E-state index contributed by atoms with van der Waals surface area (Å²) >= 11 is 0. The van der Waals surface area contributed by atoms with Gasteiger partial charge in [-0.3, -0.25) is 0 Å². The van der Waals surface area contributed by atoms with E-state index in [-0.39, 0.29) is 17.2 Å². The second kappa shape index (κ2) is 4.61. The Labute approximate surface area is 115 Å². The van der Waals surface area contributed by atoms with Gasteiger partial charge in [0.05, 0.1) is 6.10 Å². The number of aliphatic hydroxyl groups excluding tert-OH is 1. The maximum absolute atomic E-state index is 10.1. The van der Waals surface area contributed by atoms with Gasteiger partial charge in [-0.2, -0.15) is 0 Å². The molecule has 2 atom stereocenters. The van der Waals surface area contributed by atoms with Crippen LogP contribution in [0.1, 0.15) is 29.8 Å². The molecule has 20 heavy (non-hydrogen) atoms. The molecule has 104 valence electrons. The van der Waals surface area contributed by atoms with Crippen molar-refractivity contribution in [2.45, 2.75) is 18.6 Å². The second-order valence-electron chi connectivity index (χ2n) is 4.83. The topological polar surface area (TPSA) is 90.2 Å². The molecule has 2 aromatic carbocycles. The van der Waals surface area contributed by atoms with E-state index in [9.17, 15) is 20.4 Å². The lowest BCUT2D eigenvalue weighted by Crippen LogP contribution is -2.18. The highest BCUT2D eigenvalue weighted by atomic mass is 16.5. The van der Waals surface area contributed by atoms with E-state index in [0.29, 0.717) is 23.3 Å². The number of phenols is 3.